The quantitative estimate of drug-likeness (QED) is 0.847. The van der Waals surface area contributed by atoms with Crippen LogP contribution in [0.2, 0.25) is 5.02 Å². The largest absolute Gasteiger partial charge is 0.396 e. The molecule has 0 bridgehead atoms. The number of carbonyl (C=O) groups is 1. The number of nitrogens with zero attached hydrogens (tertiary/aromatic N) is 2. The van der Waals surface area contributed by atoms with Gasteiger partial charge in [0.1, 0.15) is 5.82 Å². The van der Waals surface area contributed by atoms with Crippen LogP contribution in [-0.2, 0) is 4.74 Å². The summed E-state index contributed by atoms with van der Waals surface area (Å²) in [7, 11) is 0. The summed E-state index contributed by atoms with van der Waals surface area (Å²) in [5.41, 5.74) is 0.0696. The molecule has 1 amide bonds. The van der Waals surface area contributed by atoms with Gasteiger partial charge >= 0.3 is 0 Å². The molecule has 144 valence electrons. The Morgan fingerprint density at radius 1 is 1.31 bits per heavy atom. The average molecular weight is 385 g/mol. The smallest absolute Gasteiger partial charge is 0.256 e. The van der Waals surface area contributed by atoms with Crippen LogP contribution in [0, 0.1) is 11.7 Å². The molecule has 2 aliphatic rings. The molecule has 0 saturated carbocycles. The highest BCUT2D eigenvalue weighted by atomic mass is 35.5. The first kappa shape index (κ1) is 19.5. The van der Waals surface area contributed by atoms with E-state index in [-0.39, 0.29) is 29.0 Å². The highest BCUT2D eigenvalue weighted by Gasteiger charge is 2.35. The van der Waals surface area contributed by atoms with E-state index in [0.717, 1.165) is 39.1 Å². The molecule has 0 radical (unpaired) electrons. The number of rotatable bonds is 5. The Hall–Kier alpha value is -1.21. The fraction of sp³-hybridized carbons (Fsp3) is 0.632. The van der Waals surface area contributed by atoms with E-state index in [0.29, 0.717) is 25.6 Å². The fourth-order valence-electron chi connectivity index (χ4n) is 4.06. The zero-order valence-electron chi connectivity index (χ0n) is 14.9. The van der Waals surface area contributed by atoms with Gasteiger partial charge in [0.15, 0.2) is 0 Å². The molecule has 2 unspecified atom stereocenters. The molecule has 5 nitrogen and oxygen atoms in total. The van der Waals surface area contributed by atoms with Crippen LogP contribution in [0.15, 0.2) is 18.2 Å². The topological polar surface area (TPSA) is 53.0 Å². The van der Waals surface area contributed by atoms with Crippen molar-refractivity contribution in [2.45, 2.75) is 25.3 Å². The third-order valence-electron chi connectivity index (χ3n) is 5.39. The van der Waals surface area contributed by atoms with Crippen molar-refractivity contribution in [3.05, 3.63) is 34.6 Å². The van der Waals surface area contributed by atoms with E-state index in [2.05, 4.69) is 4.90 Å². The van der Waals surface area contributed by atoms with Crippen LogP contribution in [0.5, 0.6) is 0 Å². The van der Waals surface area contributed by atoms with Gasteiger partial charge in [-0.15, -0.1) is 0 Å². The van der Waals surface area contributed by atoms with E-state index >= 15 is 0 Å². The molecule has 7 heteroatoms. The lowest BCUT2D eigenvalue weighted by Crippen LogP contribution is -2.55. The maximum atomic E-state index is 14.1. The lowest BCUT2D eigenvalue weighted by molar-refractivity contribution is -0.0197. The number of ether oxygens (including phenoxy) is 1. The lowest BCUT2D eigenvalue weighted by atomic mass is 9.86. The van der Waals surface area contributed by atoms with Crippen molar-refractivity contribution in [3.63, 3.8) is 0 Å². The maximum absolute atomic E-state index is 14.1. The second-order valence-corrected chi connectivity index (χ2v) is 7.44. The minimum Gasteiger partial charge on any atom is -0.396 e. The Bertz CT molecular complexity index is 625. The maximum Gasteiger partial charge on any atom is 0.256 e. The summed E-state index contributed by atoms with van der Waals surface area (Å²) in [4.78, 5) is 17.0. The van der Waals surface area contributed by atoms with Crippen LogP contribution >= 0.6 is 11.6 Å². The number of hydrogen-bond donors (Lipinski definition) is 1. The number of aliphatic hydroxyl groups excluding tert-OH is 1. The Morgan fingerprint density at radius 3 is 2.77 bits per heavy atom. The molecule has 1 N–H and O–H groups in total. The summed E-state index contributed by atoms with van der Waals surface area (Å²) in [6, 6.07) is 4.56. The van der Waals surface area contributed by atoms with E-state index in [1.165, 1.54) is 12.1 Å². The Morgan fingerprint density at radius 2 is 2.08 bits per heavy atom. The number of morpholine rings is 1. The molecule has 2 fully saturated rings. The number of carbonyl (C=O) groups excluding carboxylic acids is 1. The van der Waals surface area contributed by atoms with Gasteiger partial charge in [-0.05, 0) is 43.4 Å². The van der Waals surface area contributed by atoms with Crippen molar-refractivity contribution in [2.24, 2.45) is 5.92 Å². The molecular formula is C19H26ClFN2O3. The van der Waals surface area contributed by atoms with Crippen LogP contribution in [0.1, 0.15) is 29.6 Å². The number of likely N-dealkylation sites (tertiary alicyclic amines) is 1. The van der Waals surface area contributed by atoms with E-state index in [1.807, 2.05) is 0 Å². The second kappa shape index (κ2) is 9.13. The molecule has 1 aromatic carbocycles. The first-order valence-electron chi connectivity index (χ1n) is 9.27. The third-order valence-corrected chi connectivity index (χ3v) is 5.63. The van der Waals surface area contributed by atoms with Gasteiger partial charge in [0.25, 0.3) is 5.91 Å². The van der Waals surface area contributed by atoms with Gasteiger partial charge in [0.05, 0.1) is 18.8 Å². The Balaban J connectivity index is 1.71. The van der Waals surface area contributed by atoms with Crippen molar-refractivity contribution >= 4 is 17.5 Å². The lowest BCUT2D eigenvalue weighted by Gasteiger charge is -2.45. The molecule has 2 aliphatic heterocycles. The predicted octanol–water partition coefficient (Wildman–Crippen LogP) is 2.41. The number of halogens is 2. The van der Waals surface area contributed by atoms with Crippen LogP contribution < -0.4 is 0 Å². The van der Waals surface area contributed by atoms with E-state index < -0.39 is 5.82 Å². The van der Waals surface area contributed by atoms with Crippen molar-refractivity contribution in [1.82, 2.24) is 9.80 Å². The van der Waals surface area contributed by atoms with Gasteiger partial charge in [-0.2, -0.15) is 0 Å². The molecule has 26 heavy (non-hydrogen) atoms. The highest BCUT2D eigenvalue weighted by molar-refractivity contribution is 6.30. The molecule has 0 aromatic heterocycles. The number of hydrogen-bond acceptors (Lipinski definition) is 4. The van der Waals surface area contributed by atoms with Gasteiger partial charge in [0.2, 0.25) is 0 Å². The number of amides is 1. The third kappa shape index (κ3) is 4.55. The van der Waals surface area contributed by atoms with Crippen molar-refractivity contribution in [2.75, 3.05) is 46.0 Å². The molecule has 2 saturated heterocycles. The minimum atomic E-state index is -0.579. The first-order valence-corrected chi connectivity index (χ1v) is 9.65. The van der Waals surface area contributed by atoms with Crippen LogP contribution in [0.3, 0.4) is 0 Å². The summed E-state index contributed by atoms with van der Waals surface area (Å²) >= 11 is 5.79. The summed E-state index contributed by atoms with van der Waals surface area (Å²) in [5, 5.41) is 9.52. The van der Waals surface area contributed by atoms with E-state index in [1.54, 1.807) is 11.0 Å². The molecule has 2 heterocycles. The van der Waals surface area contributed by atoms with Crippen molar-refractivity contribution < 1.29 is 19.0 Å². The zero-order valence-corrected chi connectivity index (χ0v) is 15.6. The number of benzene rings is 1. The molecular weight excluding hydrogens is 359 g/mol. The minimum absolute atomic E-state index is 0.0696. The first-order chi connectivity index (χ1) is 12.6. The number of piperidine rings is 1. The molecule has 0 spiro atoms. The monoisotopic (exact) mass is 384 g/mol. The fourth-order valence-corrected chi connectivity index (χ4v) is 4.22. The standard InChI is InChI=1S/C19H26ClFN2O3/c20-15-3-4-16(17(21)12-15)19(25)23-6-5-18(14(13-23)2-1-9-24)22-7-10-26-11-8-22/h3-4,12,14,18,24H,1-2,5-11,13H2. The Labute approximate surface area is 158 Å². The molecule has 2 atom stereocenters. The van der Waals surface area contributed by atoms with Gasteiger partial charge < -0.3 is 14.7 Å². The van der Waals surface area contributed by atoms with Gasteiger partial charge in [0, 0.05) is 43.9 Å². The van der Waals surface area contributed by atoms with E-state index in [4.69, 9.17) is 16.3 Å². The van der Waals surface area contributed by atoms with Crippen molar-refractivity contribution in [1.29, 1.82) is 0 Å². The van der Waals surface area contributed by atoms with Crippen molar-refractivity contribution in [3.8, 4) is 0 Å². The van der Waals surface area contributed by atoms with Gasteiger partial charge in [-0.25, -0.2) is 4.39 Å². The van der Waals surface area contributed by atoms with Crippen LogP contribution in [0.25, 0.3) is 0 Å². The summed E-state index contributed by atoms with van der Waals surface area (Å²) in [6.07, 6.45) is 2.42. The molecule has 1 aromatic rings. The van der Waals surface area contributed by atoms with Gasteiger partial charge in [-0.1, -0.05) is 11.6 Å². The predicted molar refractivity (Wildman–Crippen MR) is 97.9 cm³/mol. The highest BCUT2D eigenvalue weighted by Crippen LogP contribution is 2.28. The van der Waals surface area contributed by atoms with Crippen LogP contribution in [0.4, 0.5) is 4.39 Å². The summed E-state index contributed by atoms with van der Waals surface area (Å²) < 4.78 is 19.6. The Kier molecular flexibility index (Phi) is 6.86. The van der Waals surface area contributed by atoms with Gasteiger partial charge in [-0.3, -0.25) is 9.69 Å². The second-order valence-electron chi connectivity index (χ2n) is 7.01. The zero-order chi connectivity index (χ0) is 18.5. The normalized spacial score (nSPS) is 24.7. The molecule has 0 aliphatic carbocycles. The molecule has 3 rings (SSSR count). The number of aliphatic hydroxyl groups is 1. The van der Waals surface area contributed by atoms with Crippen LogP contribution in [-0.4, -0.2) is 72.9 Å². The summed E-state index contributed by atoms with van der Waals surface area (Å²) in [5.74, 6) is -0.591. The SMILES string of the molecule is O=C(c1ccc(Cl)cc1F)N1CCC(N2CCOCC2)C(CCCO)C1. The summed E-state index contributed by atoms with van der Waals surface area (Å²) in [6.45, 7) is 4.62. The average Bonchev–Trinajstić information content (AvgIpc) is 2.66. The van der Waals surface area contributed by atoms with E-state index in [9.17, 15) is 14.3 Å².